The Morgan fingerprint density at radius 2 is 1.70 bits per heavy atom. The summed E-state index contributed by atoms with van der Waals surface area (Å²) in [6, 6.07) is 15.4. The van der Waals surface area contributed by atoms with Crippen LogP contribution in [0.15, 0.2) is 55.1 Å². The predicted molar refractivity (Wildman–Crippen MR) is 138 cm³/mol. The number of carbonyl (C=O) groups excluding carboxylic acids is 2. The third-order valence-corrected chi connectivity index (χ3v) is 6.29. The third-order valence-electron chi connectivity index (χ3n) is 6.29. The molecular formula is C29H32N2O2. The summed E-state index contributed by atoms with van der Waals surface area (Å²) < 4.78 is 0. The summed E-state index contributed by atoms with van der Waals surface area (Å²) in [5.74, 6) is -0.568. The van der Waals surface area contributed by atoms with Crippen LogP contribution in [-0.4, -0.2) is 18.4 Å². The first kappa shape index (κ1) is 22.8. The fourth-order valence-corrected chi connectivity index (χ4v) is 4.49. The minimum Gasteiger partial charge on any atom is -0.385 e. The van der Waals surface area contributed by atoms with Gasteiger partial charge in [-0.25, -0.2) is 4.90 Å². The Morgan fingerprint density at radius 3 is 2.33 bits per heavy atom. The van der Waals surface area contributed by atoms with Gasteiger partial charge in [-0.2, -0.15) is 0 Å². The number of carbonyl (C=O) groups is 2. The van der Waals surface area contributed by atoms with Crippen LogP contribution in [0.5, 0.6) is 0 Å². The van der Waals surface area contributed by atoms with E-state index in [4.69, 9.17) is 0 Å². The molecule has 2 amide bonds. The molecule has 1 heterocycles. The minimum atomic E-state index is -0.284. The Balaban J connectivity index is 1.90. The van der Waals surface area contributed by atoms with Crippen molar-refractivity contribution in [3.8, 4) is 0 Å². The second-order valence-corrected chi connectivity index (χ2v) is 9.88. The molecule has 1 N–H and O–H groups in total. The first-order valence-electron chi connectivity index (χ1n) is 11.6. The lowest BCUT2D eigenvalue weighted by atomic mass is 9.83. The zero-order valence-electron chi connectivity index (χ0n) is 20.2. The van der Waals surface area contributed by atoms with Gasteiger partial charge in [0.05, 0.1) is 5.69 Å². The van der Waals surface area contributed by atoms with Gasteiger partial charge in [0.25, 0.3) is 11.8 Å². The van der Waals surface area contributed by atoms with Gasteiger partial charge in [-0.3, -0.25) is 9.59 Å². The molecule has 4 heteroatoms. The normalized spacial score (nSPS) is 13.5. The molecular weight excluding hydrogens is 408 g/mol. The molecule has 3 aromatic carbocycles. The number of imide groups is 1. The Kier molecular flexibility index (Phi) is 5.87. The smallest absolute Gasteiger partial charge is 0.265 e. The molecule has 0 bridgehead atoms. The predicted octanol–water partition coefficient (Wildman–Crippen LogP) is 7.18. The molecule has 0 atom stereocenters. The van der Waals surface area contributed by atoms with Crippen LogP contribution in [0.4, 0.5) is 11.4 Å². The first-order chi connectivity index (χ1) is 15.6. The first-order valence-corrected chi connectivity index (χ1v) is 11.6. The topological polar surface area (TPSA) is 49.4 Å². The summed E-state index contributed by atoms with van der Waals surface area (Å²) in [5, 5.41) is 5.11. The molecule has 0 spiro atoms. The van der Waals surface area contributed by atoms with E-state index in [2.05, 4.69) is 39.6 Å². The summed E-state index contributed by atoms with van der Waals surface area (Å²) in [6.45, 7) is 15.3. The summed E-state index contributed by atoms with van der Waals surface area (Å²) in [7, 11) is 0. The number of anilines is 2. The molecule has 0 saturated heterocycles. The zero-order chi connectivity index (χ0) is 23.9. The van der Waals surface area contributed by atoms with Crippen LogP contribution in [0.1, 0.15) is 79.3 Å². The van der Waals surface area contributed by atoms with Gasteiger partial charge in [-0.15, -0.1) is 0 Å². The Morgan fingerprint density at radius 1 is 1.00 bits per heavy atom. The van der Waals surface area contributed by atoms with E-state index in [1.165, 1.54) is 4.90 Å². The lowest BCUT2D eigenvalue weighted by Crippen LogP contribution is -2.41. The highest BCUT2D eigenvalue weighted by molar-refractivity contribution is 6.36. The second kappa shape index (κ2) is 8.51. The monoisotopic (exact) mass is 440 g/mol. The molecule has 1 aliphatic rings. The van der Waals surface area contributed by atoms with Crippen molar-refractivity contribution < 1.29 is 9.59 Å². The van der Waals surface area contributed by atoms with E-state index >= 15 is 0 Å². The molecule has 1 aliphatic heterocycles. The van der Waals surface area contributed by atoms with Crippen molar-refractivity contribution in [3.63, 3.8) is 0 Å². The Hall–Kier alpha value is -3.40. The molecule has 33 heavy (non-hydrogen) atoms. The average molecular weight is 441 g/mol. The van der Waals surface area contributed by atoms with E-state index in [-0.39, 0.29) is 17.2 Å². The molecule has 170 valence electrons. The van der Waals surface area contributed by atoms with E-state index in [9.17, 15) is 9.59 Å². The number of unbranched alkanes of at least 4 members (excludes halogenated alkanes) is 1. The van der Waals surface area contributed by atoms with Crippen LogP contribution in [-0.2, 0) is 5.41 Å². The zero-order valence-corrected chi connectivity index (χ0v) is 20.2. The van der Waals surface area contributed by atoms with Gasteiger partial charge in [0, 0.05) is 34.1 Å². The van der Waals surface area contributed by atoms with Gasteiger partial charge in [-0.1, -0.05) is 70.5 Å². The van der Waals surface area contributed by atoms with Crippen molar-refractivity contribution in [2.24, 2.45) is 0 Å². The average Bonchev–Trinajstić information content (AvgIpc) is 2.77. The van der Waals surface area contributed by atoms with Gasteiger partial charge in [-0.05, 0) is 54.2 Å². The van der Waals surface area contributed by atoms with E-state index in [0.717, 1.165) is 52.5 Å². The van der Waals surface area contributed by atoms with Crippen molar-refractivity contribution in [3.05, 3.63) is 77.4 Å². The maximum Gasteiger partial charge on any atom is 0.265 e. The van der Waals surface area contributed by atoms with E-state index in [0.29, 0.717) is 16.8 Å². The number of nitrogens with zero attached hydrogens (tertiary/aromatic N) is 1. The molecule has 0 radical (unpaired) electrons. The largest absolute Gasteiger partial charge is 0.385 e. The maximum absolute atomic E-state index is 13.8. The van der Waals surface area contributed by atoms with Gasteiger partial charge >= 0.3 is 0 Å². The van der Waals surface area contributed by atoms with Crippen LogP contribution >= 0.6 is 0 Å². The van der Waals surface area contributed by atoms with Crippen molar-refractivity contribution in [1.29, 1.82) is 0 Å². The lowest BCUT2D eigenvalue weighted by molar-refractivity contribution is 0.0893. The highest BCUT2D eigenvalue weighted by Gasteiger charge is 2.37. The Labute approximate surface area is 196 Å². The van der Waals surface area contributed by atoms with Gasteiger partial charge in [0.2, 0.25) is 0 Å². The number of benzene rings is 3. The Bertz CT molecular complexity index is 1260. The fourth-order valence-electron chi connectivity index (χ4n) is 4.49. The number of hydrogen-bond donors (Lipinski definition) is 1. The third kappa shape index (κ3) is 3.95. The number of amides is 2. The van der Waals surface area contributed by atoms with E-state index in [1.807, 2.05) is 55.5 Å². The van der Waals surface area contributed by atoms with Crippen LogP contribution < -0.4 is 10.2 Å². The van der Waals surface area contributed by atoms with Crippen LogP contribution in [0.2, 0.25) is 0 Å². The van der Waals surface area contributed by atoms with E-state index in [1.54, 1.807) is 0 Å². The molecule has 3 aromatic rings. The van der Waals surface area contributed by atoms with Crippen molar-refractivity contribution in [2.75, 3.05) is 16.8 Å². The van der Waals surface area contributed by atoms with Crippen LogP contribution in [0.3, 0.4) is 0 Å². The molecule has 4 nitrogen and oxygen atoms in total. The summed E-state index contributed by atoms with van der Waals surface area (Å²) in [5.41, 5.74) is 5.20. The van der Waals surface area contributed by atoms with Gasteiger partial charge < -0.3 is 5.32 Å². The summed E-state index contributed by atoms with van der Waals surface area (Å²) in [6.07, 6.45) is 2.16. The lowest BCUT2D eigenvalue weighted by Gasteiger charge is -2.32. The fraction of sp³-hybridized carbons (Fsp3) is 0.310. The van der Waals surface area contributed by atoms with Crippen LogP contribution in [0, 0.1) is 0 Å². The number of hydrogen-bond acceptors (Lipinski definition) is 3. The number of nitrogens with one attached hydrogen (secondary N) is 1. The number of allylic oxidation sites excluding steroid dienone is 1. The van der Waals surface area contributed by atoms with Crippen molar-refractivity contribution in [1.82, 2.24) is 0 Å². The maximum atomic E-state index is 13.8. The van der Waals surface area contributed by atoms with E-state index < -0.39 is 0 Å². The van der Waals surface area contributed by atoms with Crippen LogP contribution in [0.25, 0.3) is 16.3 Å². The highest BCUT2D eigenvalue weighted by Crippen LogP contribution is 2.40. The van der Waals surface area contributed by atoms with Gasteiger partial charge in [0.1, 0.15) is 0 Å². The minimum absolute atomic E-state index is 0.247. The quantitative estimate of drug-likeness (QED) is 0.326. The SMILES string of the molecule is C=C(C)c1ccc(C(C)(C)C)c(N2C(=O)c3cccc4c(NCCCC)ccc(c34)C2=O)c1. The molecule has 4 rings (SSSR count). The van der Waals surface area contributed by atoms with Gasteiger partial charge in [0.15, 0.2) is 0 Å². The van der Waals surface area contributed by atoms with Crippen molar-refractivity contribution in [2.45, 2.75) is 52.9 Å². The second-order valence-electron chi connectivity index (χ2n) is 9.88. The molecule has 0 aromatic heterocycles. The molecule has 0 saturated carbocycles. The summed E-state index contributed by atoms with van der Waals surface area (Å²) in [4.78, 5) is 29.0. The standard InChI is InChI=1S/C29H32N2O2/c1-7-8-16-30-24-15-13-22-26-20(24)10-9-11-21(26)27(32)31(28(22)33)25-17-19(18(2)3)12-14-23(25)29(4,5)6/h9-15,17,30H,2,7-8,16H2,1,3-6H3. The number of rotatable bonds is 6. The molecule has 0 fully saturated rings. The molecule has 0 unspecified atom stereocenters. The summed E-state index contributed by atoms with van der Waals surface area (Å²) >= 11 is 0. The van der Waals surface area contributed by atoms with Crippen molar-refractivity contribution >= 4 is 39.5 Å². The highest BCUT2D eigenvalue weighted by atomic mass is 16.2. The molecule has 0 aliphatic carbocycles.